The summed E-state index contributed by atoms with van der Waals surface area (Å²) in [7, 11) is 0. The van der Waals surface area contributed by atoms with Crippen LogP contribution in [-0.2, 0) is 6.42 Å². The van der Waals surface area contributed by atoms with Crippen LogP contribution in [0.15, 0.2) is 85.1 Å². The highest BCUT2D eigenvalue weighted by Crippen LogP contribution is 2.33. The monoisotopic (exact) mass is 411 g/mol. The standard InChI is InChI=1S/C25H18FN3O2/c26-19-10-6-18(7-11-19)23-25(31)29-15-22(17-8-12-20(30)13-9-17)27-21(24(29)28-23)14-16-4-2-1-3-5-16/h1-13,15,30-31H,14H2. The first kappa shape index (κ1) is 18.8. The molecule has 0 aliphatic heterocycles. The first-order valence-corrected chi connectivity index (χ1v) is 9.79. The van der Waals surface area contributed by atoms with Crippen molar-refractivity contribution in [3.63, 3.8) is 0 Å². The zero-order valence-corrected chi connectivity index (χ0v) is 16.4. The third-order valence-corrected chi connectivity index (χ3v) is 5.15. The molecule has 0 fully saturated rings. The summed E-state index contributed by atoms with van der Waals surface area (Å²) in [6.45, 7) is 0. The second kappa shape index (κ2) is 7.57. The smallest absolute Gasteiger partial charge is 0.224 e. The molecule has 6 heteroatoms. The average molecular weight is 411 g/mol. The van der Waals surface area contributed by atoms with Crippen LogP contribution < -0.4 is 0 Å². The van der Waals surface area contributed by atoms with Gasteiger partial charge in [0.2, 0.25) is 5.88 Å². The molecule has 0 aliphatic rings. The van der Waals surface area contributed by atoms with Crippen LogP contribution in [0.25, 0.3) is 28.2 Å². The number of fused-ring (bicyclic) bond motifs is 1. The van der Waals surface area contributed by atoms with E-state index in [9.17, 15) is 14.6 Å². The molecule has 0 spiro atoms. The number of benzene rings is 3. The number of hydrogen-bond donors (Lipinski definition) is 2. The first-order chi connectivity index (χ1) is 15.1. The second-order valence-electron chi connectivity index (χ2n) is 7.27. The predicted molar refractivity (Wildman–Crippen MR) is 116 cm³/mol. The van der Waals surface area contributed by atoms with Crippen LogP contribution in [0.3, 0.4) is 0 Å². The maximum Gasteiger partial charge on any atom is 0.224 e. The van der Waals surface area contributed by atoms with Crippen molar-refractivity contribution in [2.75, 3.05) is 0 Å². The lowest BCUT2D eigenvalue weighted by molar-refractivity contribution is 0.450. The Balaban J connectivity index is 1.71. The Morgan fingerprint density at radius 3 is 2.16 bits per heavy atom. The molecule has 0 saturated carbocycles. The van der Waals surface area contributed by atoms with E-state index in [0.717, 1.165) is 11.1 Å². The van der Waals surface area contributed by atoms with Crippen molar-refractivity contribution in [3.8, 4) is 34.1 Å². The fourth-order valence-corrected chi connectivity index (χ4v) is 3.58. The topological polar surface area (TPSA) is 70.7 Å². The van der Waals surface area contributed by atoms with Crippen molar-refractivity contribution in [1.29, 1.82) is 0 Å². The number of phenols is 1. The molecule has 0 atom stereocenters. The summed E-state index contributed by atoms with van der Waals surface area (Å²) in [6, 6.07) is 22.5. The van der Waals surface area contributed by atoms with E-state index in [0.29, 0.717) is 34.7 Å². The Bertz CT molecular complexity index is 1360. The molecule has 0 amide bonds. The molecular formula is C25H18FN3O2. The minimum absolute atomic E-state index is 0.0432. The third kappa shape index (κ3) is 3.59. The van der Waals surface area contributed by atoms with Gasteiger partial charge in [0.1, 0.15) is 17.3 Å². The quantitative estimate of drug-likeness (QED) is 0.426. The van der Waals surface area contributed by atoms with Gasteiger partial charge in [-0.1, -0.05) is 30.3 Å². The van der Waals surface area contributed by atoms with Gasteiger partial charge in [-0.15, -0.1) is 0 Å². The summed E-state index contributed by atoms with van der Waals surface area (Å²) in [4.78, 5) is 9.47. The molecule has 2 aromatic heterocycles. The average Bonchev–Trinajstić information content (AvgIpc) is 3.12. The van der Waals surface area contributed by atoms with Crippen molar-refractivity contribution in [2.45, 2.75) is 6.42 Å². The molecule has 152 valence electrons. The van der Waals surface area contributed by atoms with Crippen LogP contribution in [0.5, 0.6) is 11.6 Å². The van der Waals surface area contributed by atoms with Crippen molar-refractivity contribution in [1.82, 2.24) is 14.4 Å². The van der Waals surface area contributed by atoms with Gasteiger partial charge < -0.3 is 10.2 Å². The van der Waals surface area contributed by atoms with E-state index < -0.39 is 0 Å². The van der Waals surface area contributed by atoms with Gasteiger partial charge in [0.15, 0.2) is 5.65 Å². The molecule has 0 bridgehead atoms. The van der Waals surface area contributed by atoms with Crippen molar-refractivity contribution in [2.24, 2.45) is 0 Å². The maximum atomic E-state index is 13.4. The first-order valence-electron chi connectivity index (χ1n) is 9.79. The number of phenolic OH excluding ortho intramolecular Hbond substituents is 1. The van der Waals surface area contributed by atoms with E-state index in [-0.39, 0.29) is 17.4 Å². The van der Waals surface area contributed by atoms with Crippen LogP contribution in [0.1, 0.15) is 11.3 Å². The molecule has 0 unspecified atom stereocenters. The van der Waals surface area contributed by atoms with Crippen LogP contribution in [0.4, 0.5) is 4.39 Å². The molecule has 2 heterocycles. The summed E-state index contributed by atoms with van der Waals surface area (Å²) in [5.74, 6) is -0.232. The zero-order chi connectivity index (χ0) is 21.4. The van der Waals surface area contributed by atoms with Crippen LogP contribution in [-0.4, -0.2) is 24.6 Å². The zero-order valence-electron chi connectivity index (χ0n) is 16.4. The van der Waals surface area contributed by atoms with Gasteiger partial charge in [-0.2, -0.15) is 0 Å². The van der Waals surface area contributed by atoms with E-state index in [1.165, 1.54) is 12.1 Å². The minimum atomic E-state index is -0.354. The van der Waals surface area contributed by atoms with Gasteiger partial charge in [-0.25, -0.2) is 14.4 Å². The third-order valence-electron chi connectivity index (χ3n) is 5.15. The Hall–Kier alpha value is -4.19. The highest BCUT2D eigenvalue weighted by molar-refractivity contribution is 5.72. The van der Waals surface area contributed by atoms with Crippen molar-refractivity contribution >= 4 is 5.65 Å². The minimum Gasteiger partial charge on any atom is -0.508 e. The fourth-order valence-electron chi connectivity index (χ4n) is 3.58. The normalized spacial score (nSPS) is 11.1. The number of imidazole rings is 1. The molecule has 5 rings (SSSR count). The number of rotatable bonds is 4. The SMILES string of the molecule is Oc1ccc(-c2cn3c(O)c(-c4ccc(F)cc4)nc3c(Cc3ccccc3)n2)cc1. The number of aromatic nitrogens is 3. The Morgan fingerprint density at radius 1 is 0.774 bits per heavy atom. The molecule has 0 saturated heterocycles. The number of nitrogens with zero attached hydrogens (tertiary/aromatic N) is 3. The van der Waals surface area contributed by atoms with Crippen LogP contribution in [0.2, 0.25) is 0 Å². The lowest BCUT2D eigenvalue weighted by atomic mass is 10.1. The largest absolute Gasteiger partial charge is 0.508 e. The van der Waals surface area contributed by atoms with E-state index in [4.69, 9.17) is 4.98 Å². The Kier molecular flexibility index (Phi) is 4.59. The molecule has 5 aromatic rings. The fraction of sp³-hybridized carbons (Fsp3) is 0.0400. The van der Waals surface area contributed by atoms with E-state index in [1.54, 1.807) is 47.0 Å². The van der Waals surface area contributed by atoms with E-state index >= 15 is 0 Å². The lowest BCUT2D eigenvalue weighted by Gasteiger charge is -2.08. The summed E-state index contributed by atoms with van der Waals surface area (Å²) in [6.07, 6.45) is 2.24. The van der Waals surface area contributed by atoms with E-state index in [1.807, 2.05) is 30.3 Å². The molecule has 0 aliphatic carbocycles. The highest BCUT2D eigenvalue weighted by atomic mass is 19.1. The summed E-state index contributed by atoms with van der Waals surface area (Å²) >= 11 is 0. The number of halogens is 1. The van der Waals surface area contributed by atoms with E-state index in [2.05, 4.69) is 4.98 Å². The summed E-state index contributed by atoms with van der Waals surface area (Å²) in [5.41, 5.74) is 4.69. The van der Waals surface area contributed by atoms with Crippen molar-refractivity contribution < 1.29 is 14.6 Å². The number of hydrogen-bond acceptors (Lipinski definition) is 4. The molecule has 3 aromatic carbocycles. The van der Waals surface area contributed by atoms with Gasteiger partial charge in [-0.05, 0) is 54.1 Å². The molecule has 0 radical (unpaired) electrons. The molecule has 2 N–H and O–H groups in total. The predicted octanol–water partition coefficient (Wildman–Crippen LogP) is 5.20. The van der Waals surface area contributed by atoms with Gasteiger partial charge in [0.05, 0.1) is 11.4 Å². The second-order valence-corrected chi connectivity index (χ2v) is 7.27. The van der Waals surface area contributed by atoms with Gasteiger partial charge in [0.25, 0.3) is 0 Å². The lowest BCUT2D eigenvalue weighted by Crippen LogP contribution is -2.00. The van der Waals surface area contributed by atoms with Crippen molar-refractivity contribution in [3.05, 3.63) is 102 Å². The maximum absolute atomic E-state index is 13.4. The van der Waals surface area contributed by atoms with Crippen LogP contribution >= 0.6 is 0 Å². The summed E-state index contributed by atoms with van der Waals surface area (Å²) < 4.78 is 15.0. The molecule has 5 nitrogen and oxygen atoms in total. The van der Waals surface area contributed by atoms with Gasteiger partial charge >= 0.3 is 0 Å². The van der Waals surface area contributed by atoms with Crippen LogP contribution in [0, 0.1) is 5.82 Å². The number of aromatic hydroxyl groups is 2. The molecular weight excluding hydrogens is 393 g/mol. The van der Waals surface area contributed by atoms with Gasteiger partial charge in [-0.3, -0.25) is 4.40 Å². The molecule has 31 heavy (non-hydrogen) atoms. The highest BCUT2D eigenvalue weighted by Gasteiger charge is 2.19. The van der Waals surface area contributed by atoms with Gasteiger partial charge in [0, 0.05) is 23.7 Å². The Morgan fingerprint density at radius 2 is 1.45 bits per heavy atom. The Labute approximate surface area is 177 Å². The summed E-state index contributed by atoms with van der Waals surface area (Å²) in [5, 5.41) is 20.6.